The first kappa shape index (κ1) is 21.9. The van der Waals surface area contributed by atoms with Gasteiger partial charge < -0.3 is 14.6 Å². The van der Waals surface area contributed by atoms with Gasteiger partial charge in [-0.1, -0.05) is 27.7 Å². The van der Waals surface area contributed by atoms with Crippen LogP contribution in [0.5, 0.6) is 11.5 Å². The Bertz CT molecular complexity index is 892. The summed E-state index contributed by atoms with van der Waals surface area (Å²) in [6.07, 6.45) is 1.92. The predicted molar refractivity (Wildman–Crippen MR) is 116 cm³/mol. The molecule has 0 atom stereocenters. The number of hydrogen-bond acceptors (Lipinski definition) is 4. The molecule has 1 N–H and O–H groups in total. The number of benzene rings is 2. The topological polar surface area (TPSA) is 72.8 Å². The monoisotopic (exact) mass is 410 g/mol. The van der Waals surface area contributed by atoms with E-state index in [1.54, 1.807) is 25.1 Å². The lowest BCUT2D eigenvalue weighted by Gasteiger charge is -2.32. The van der Waals surface area contributed by atoms with Crippen LogP contribution in [0, 0.1) is 0 Å². The quantitative estimate of drug-likeness (QED) is 0.672. The second-order valence-corrected chi connectivity index (χ2v) is 9.25. The highest BCUT2D eigenvalue weighted by Crippen LogP contribution is 2.39. The highest BCUT2D eigenvalue weighted by molar-refractivity contribution is 5.94. The van der Waals surface area contributed by atoms with E-state index in [2.05, 4.69) is 27.7 Å². The molecule has 0 bridgehead atoms. The van der Waals surface area contributed by atoms with Crippen molar-refractivity contribution in [1.29, 1.82) is 0 Å². The number of Topliss-reactive ketones (excluding diaryl/α,β-unsaturated/α-hetero) is 1. The fraction of sp³-hybridized carbons (Fsp3) is 0.440. The summed E-state index contributed by atoms with van der Waals surface area (Å²) >= 11 is 0. The number of aromatic carboxylic acids is 1. The highest BCUT2D eigenvalue weighted by Gasteiger charge is 2.30. The molecule has 2 aromatic carbocycles. The molecule has 5 nitrogen and oxygen atoms in total. The number of carboxylic acid groups (broad SMARTS) is 1. The van der Waals surface area contributed by atoms with Crippen LogP contribution in [0.25, 0.3) is 0 Å². The first-order valence-corrected chi connectivity index (χ1v) is 10.3. The third-order valence-corrected chi connectivity index (χ3v) is 6.04. The smallest absolute Gasteiger partial charge is 0.335 e. The van der Waals surface area contributed by atoms with E-state index in [9.17, 15) is 9.59 Å². The normalized spacial score (nSPS) is 17.8. The lowest BCUT2D eigenvalue weighted by molar-refractivity contribution is 0.0696. The van der Waals surface area contributed by atoms with E-state index in [4.69, 9.17) is 14.6 Å². The van der Waals surface area contributed by atoms with Crippen molar-refractivity contribution in [2.24, 2.45) is 0 Å². The molecule has 0 amide bonds. The molecular formula is C25H30O5. The van der Waals surface area contributed by atoms with Gasteiger partial charge in [0, 0.05) is 16.7 Å². The Labute approximate surface area is 178 Å². The van der Waals surface area contributed by atoms with Crippen LogP contribution in [0.3, 0.4) is 0 Å². The maximum absolute atomic E-state index is 11.3. The molecule has 160 valence electrons. The van der Waals surface area contributed by atoms with Gasteiger partial charge in [0.1, 0.15) is 11.5 Å². The lowest BCUT2D eigenvalue weighted by Crippen LogP contribution is -2.26. The van der Waals surface area contributed by atoms with E-state index < -0.39 is 5.97 Å². The van der Waals surface area contributed by atoms with Gasteiger partial charge in [-0.2, -0.15) is 0 Å². The van der Waals surface area contributed by atoms with Crippen LogP contribution in [0.15, 0.2) is 36.4 Å². The maximum Gasteiger partial charge on any atom is 0.335 e. The fourth-order valence-corrected chi connectivity index (χ4v) is 3.82. The Kier molecular flexibility index (Phi) is 5.93. The molecule has 2 heterocycles. The number of carbonyl (C=O) groups excluding carboxylic acids is 1. The summed E-state index contributed by atoms with van der Waals surface area (Å²) in [4.78, 5) is 22.2. The van der Waals surface area contributed by atoms with E-state index in [0.717, 1.165) is 47.6 Å². The Hall–Kier alpha value is -2.82. The highest BCUT2D eigenvalue weighted by atomic mass is 16.5. The van der Waals surface area contributed by atoms with Crippen LogP contribution < -0.4 is 9.47 Å². The summed E-state index contributed by atoms with van der Waals surface area (Å²) in [5.41, 5.74) is 3.35. The first-order chi connectivity index (χ1) is 14.0. The predicted octanol–water partition coefficient (Wildman–Crippen LogP) is 5.39. The maximum atomic E-state index is 11.3. The minimum absolute atomic E-state index is 0.000949. The third kappa shape index (κ3) is 4.50. The van der Waals surface area contributed by atoms with Crippen molar-refractivity contribution >= 4 is 11.8 Å². The Balaban J connectivity index is 0.000000171. The van der Waals surface area contributed by atoms with Crippen molar-refractivity contribution in [1.82, 2.24) is 0 Å². The molecule has 2 aliphatic heterocycles. The number of ether oxygens (including phenoxy) is 2. The molecule has 0 saturated carbocycles. The molecule has 4 rings (SSSR count). The van der Waals surface area contributed by atoms with Gasteiger partial charge in [-0.05, 0) is 67.0 Å². The standard InChI is InChI=1S/C13H16O2.C12H14O3/c1-9(14)10-4-5-12-11(8-10)13(2,3)6-7-15-12;1-12(2)5-6-15-10-4-3-8(11(13)14)7-9(10)12/h4-5,8H,6-7H2,1-3H3;3-4,7H,5-6H2,1-2H3,(H,13,14). The van der Waals surface area contributed by atoms with Crippen molar-refractivity contribution in [3.05, 3.63) is 58.7 Å². The average Bonchev–Trinajstić information content (AvgIpc) is 2.67. The minimum atomic E-state index is -0.890. The van der Waals surface area contributed by atoms with Gasteiger partial charge in [0.25, 0.3) is 0 Å². The molecule has 2 aliphatic rings. The summed E-state index contributed by atoms with van der Waals surface area (Å²) < 4.78 is 11.1. The van der Waals surface area contributed by atoms with Crippen LogP contribution in [0.1, 0.15) is 79.3 Å². The summed E-state index contributed by atoms with van der Waals surface area (Å²) in [6.45, 7) is 11.7. The Morgan fingerprint density at radius 1 is 0.800 bits per heavy atom. The molecule has 2 aromatic rings. The summed E-state index contributed by atoms with van der Waals surface area (Å²) in [6, 6.07) is 10.8. The van der Waals surface area contributed by atoms with E-state index in [0.29, 0.717) is 12.2 Å². The average molecular weight is 411 g/mol. The van der Waals surface area contributed by atoms with Gasteiger partial charge in [0.15, 0.2) is 5.78 Å². The minimum Gasteiger partial charge on any atom is -0.493 e. The zero-order chi connectivity index (χ0) is 22.1. The van der Waals surface area contributed by atoms with Crippen molar-refractivity contribution < 1.29 is 24.2 Å². The SMILES string of the molecule is CC(=O)c1ccc2c(c1)C(C)(C)CCO2.CC1(C)CCOc2ccc(C(=O)O)cc21. The van der Waals surface area contributed by atoms with Crippen molar-refractivity contribution in [3.63, 3.8) is 0 Å². The summed E-state index contributed by atoms with van der Waals surface area (Å²) in [5, 5.41) is 8.92. The molecular weight excluding hydrogens is 380 g/mol. The van der Waals surface area contributed by atoms with E-state index in [1.807, 2.05) is 18.2 Å². The number of rotatable bonds is 2. The largest absolute Gasteiger partial charge is 0.493 e. The molecule has 0 radical (unpaired) electrons. The van der Waals surface area contributed by atoms with Crippen LogP contribution in [0.4, 0.5) is 0 Å². The van der Waals surface area contributed by atoms with Crippen LogP contribution in [-0.2, 0) is 10.8 Å². The van der Waals surface area contributed by atoms with E-state index in [1.165, 1.54) is 0 Å². The summed E-state index contributed by atoms with van der Waals surface area (Å²) in [7, 11) is 0. The molecule has 0 fully saturated rings. The lowest BCUT2D eigenvalue weighted by atomic mass is 9.79. The van der Waals surface area contributed by atoms with Gasteiger partial charge in [0.2, 0.25) is 0 Å². The van der Waals surface area contributed by atoms with Crippen LogP contribution >= 0.6 is 0 Å². The third-order valence-electron chi connectivity index (χ3n) is 6.04. The molecule has 5 heteroatoms. The number of carbonyl (C=O) groups is 2. The molecule has 0 unspecified atom stereocenters. The zero-order valence-corrected chi connectivity index (χ0v) is 18.4. The van der Waals surface area contributed by atoms with Crippen LogP contribution in [0.2, 0.25) is 0 Å². The zero-order valence-electron chi connectivity index (χ0n) is 18.4. The van der Waals surface area contributed by atoms with Gasteiger partial charge in [-0.15, -0.1) is 0 Å². The second kappa shape index (κ2) is 8.13. The van der Waals surface area contributed by atoms with Crippen molar-refractivity contribution in [2.75, 3.05) is 13.2 Å². The molecule has 0 aliphatic carbocycles. The number of fused-ring (bicyclic) bond motifs is 2. The molecule has 0 aromatic heterocycles. The molecule has 30 heavy (non-hydrogen) atoms. The Morgan fingerprint density at radius 2 is 1.23 bits per heavy atom. The Morgan fingerprint density at radius 3 is 1.67 bits per heavy atom. The molecule has 0 spiro atoms. The fourth-order valence-electron chi connectivity index (χ4n) is 3.82. The number of hydrogen-bond donors (Lipinski definition) is 1. The van der Waals surface area contributed by atoms with Crippen molar-refractivity contribution in [3.8, 4) is 11.5 Å². The summed E-state index contributed by atoms with van der Waals surface area (Å²) in [5.74, 6) is 0.964. The van der Waals surface area contributed by atoms with Crippen LogP contribution in [-0.4, -0.2) is 30.1 Å². The first-order valence-electron chi connectivity index (χ1n) is 10.3. The van der Waals surface area contributed by atoms with Gasteiger partial charge in [-0.25, -0.2) is 4.79 Å². The van der Waals surface area contributed by atoms with Crippen molar-refractivity contribution in [2.45, 2.75) is 58.3 Å². The van der Waals surface area contributed by atoms with Gasteiger partial charge in [0.05, 0.1) is 18.8 Å². The van der Waals surface area contributed by atoms with Gasteiger partial charge >= 0.3 is 5.97 Å². The number of carboxylic acids is 1. The van der Waals surface area contributed by atoms with Gasteiger partial charge in [-0.3, -0.25) is 4.79 Å². The van der Waals surface area contributed by atoms with E-state index >= 15 is 0 Å². The number of ketones is 1. The molecule has 0 saturated heterocycles. The van der Waals surface area contributed by atoms with E-state index in [-0.39, 0.29) is 16.6 Å². The second-order valence-electron chi connectivity index (χ2n) is 9.25.